The number of allylic oxidation sites excluding steroid dienone is 1. The van der Waals surface area contributed by atoms with Gasteiger partial charge in [0.1, 0.15) is 0 Å². The SMILES string of the molecule is CNc1ccc(Br)cc(C(=O)/C=C\c2ccc(Cl)c(Cl)c2)c1=O. The van der Waals surface area contributed by atoms with Crippen molar-refractivity contribution < 1.29 is 4.79 Å². The van der Waals surface area contributed by atoms with Gasteiger partial charge in [0, 0.05) is 11.5 Å². The molecule has 0 fully saturated rings. The van der Waals surface area contributed by atoms with Crippen LogP contribution in [0.1, 0.15) is 15.9 Å². The van der Waals surface area contributed by atoms with E-state index in [1.807, 2.05) is 0 Å². The predicted octanol–water partition coefficient (Wildman–Crippen LogP) is 5.05. The molecule has 0 saturated heterocycles. The molecule has 118 valence electrons. The van der Waals surface area contributed by atoms with E-state index in [1.54, 1.807) is 43.5 Å². The maximum atomic E-state index is 12.4. The largest absolute Gasteiger partial charge is 0.385 e. The average molecular weight is 413 g/mol. The van der Waals surface area contributed by atoms with Crippen LogP contribution in [0.4, 0.5) is 5.69 Å². The molecule has 0 aromatic heterocycles. The molecular weight excluding hydrogens is 401 g/mol. The van der Waals surface area contributed by atoms with Gasteiger partial charge in [-0.25, -0.2) is 0 Å². The summed E-state index contributed by atoms with van der Waals surface area (Å²) in [6.07, 6.45) is 2.92. The summed E-state index contributed by atoms with van der Waals surface area (Å²) in [5.74, 6) is -0.394. The third kappa shape index (κ3) is 4.44. The van der Waals surface area contributed by atoms with E-state index in [2.05, 4.69) is 21.2 Å². The number of ketones is 1. The van der Waals surface area contributed by atoms with Crippen LogP contribution in [-0.4, -0.2) is 12.8 Å². The van der Waals surface area contributed by atoms with E-state index in [4.69, 9.17) is 23.2 Å². The Hall–Kier alpha value is -1.62. The molecule has 0 bridgehead atoms. The molecule has 2 aromatic carbocycles. The number of nitrogens with one attached hydrogen (secondary N) is 1. The van der Waals surface area contributed by atoms with Crippen molar-refractivity contribution in [1.82, 2.24) is 0 Å². The Morgan fingerprint density at radius 2 is 1.87 bits per heavy atom. The number of hydrogen-bond acceptors (Lipinski definition) is 3. The Balaban J connectivity index is 2.39. The molecule has 0 aliphatic carbocycles. The number of carbonyl (C=O) groups excluding carboxylic acids is 1. The molecule has 0 amide bonds. The fraction of sp³-hybridized carbons (Fsp3) is 0.0588. The minimum atomic E-state index is -0.394. The first-order valence-corrected chi connectivity index (χ1v) is 8.16. The summed E-state index contributed by atoms with van der Waals surface area (Å²) < 4.78 is 0.641. The molecule has 0 radical (unpaired) electrons. The van der Waals surface area contributed by atoms with Crippen LogP contribution in [0, 0.1) is 0 Å². The summed E-state index contributed by atoms with van der Waals surface area (Å²) in [5, 5.41) is 3.62. The van der Waals surface area contributed by atoms with Crippen LogP contribution in [0.15, 0.2) is 51.7 Å². The monoisotopic (exact) mass is 411 g/mol. The number of rotatable bonds is 4. The van der Waals surface area contributed by atoms with Crippen molar-refractivity contribution >= 4 is 56.7 Å². The Labute approximate surface area is 152 Å². The van der Waals surface area contributed by atoms with E-state index in [-0.39, 0.29) is 11.0 Å². The van der Waals surface area contributed by atoms with Crippen molar-refractivity contribution in [2.24, 2.45) is 0 Å². The lowest BCUT2D eigenvalue weighted by Crippen LogP contribution is -2.14. The maximum absolute atomic E-state index is 12.4. The van der Waals surface area contributed by atoms with Gasteiger partial charge in [-0.1, -0.05) is 51.3 Å². The minimum Gasteiger partial charge on any atom is -0.385 e. The van der Waals surface area contributed by atoms with Gasteiger partial charge in [-0.05, 0) is 42.0 Å². The molecule has 0 aliphatic rings. The topological polar surface area (TPSA) is 46.2 Å². The van der Waals surface area contributed by atoms with Crippen molar-refractivity contribution in [2.45, 2.75) is 0 Å². The van der Waals surface area contributed by atoms with Crippen molar-refractivity contribution in [3.05, 3.63) is 78.3 Å². The third-order valence-electron chi connectivity index (χ3n) is 3.09. The molecule has 0 atom stereocenters. The zero-order valence-corrected chi connectivity index (χ0v) is 15.2. The summed E-state index contributed by atoms with van der Waals surface area (Å²) in [6.45, 7) is 0. The molecule has 2 rings (SSSR count). The van der Waals surface area contributed by atoms with Crippen LogP contribution in [0.2, 0.25) is 10.0 Å². The average Bonchev–Trinajstić information content (AvgIpc) is 2.67. The Kier molecular flexibility index (Phi) is 5.99. The summed E-state index contributed by atoms with van der Waals surface area (Å²) in [7, 11) is 1.63. The molecule has 0 saturated carbocycles. The van der Waals surface area contributed by atoms with E-state index in [1.165, 1.54) is 12.1 Å². The summed E-state index contributed by atoms with van der Waals surface area (Å²) in [4.78, 5) is 24.7. The van der Waals surface area contributed by atoms with Gasteiger partial charge in [0.2, 0.25) is 5.43 Å². The van der Waals surface area contributed by atoms with E-state index in [9.17, 15) is 9.59 Å². The van der Waals surface area contributed by atoms with Gasteiger partial charge in [0.25, 0.3) is 0 Å². The fourth-order valence-electron chi connectivity index (χ4n) is 1.89. The van der Waals surface area contributed by atoms with Crippen molar-refractivity contribution in [1.29, 1.82) is 0 Å². The molecule has 0 heterocycles. The molecule has 0 spiro atoms. The highest BCUT2D eigenvalue weighted by atomic mass is 79.9. The van der Waals surface area contributed by atoms with Gasteiger partial charge < -0.3 is 5.32 Å². The van der Waals surface area contributed by atoms with Crippen LogP contribution in [0.3, 0.4) is 0 Å². The predicted molar refractivity (Wildman–Crippen MR) is 99.8 cm³/mol. The van der Waals surface area contributed by atoms with Crippen molar-refractivity contribution in [2.75, 3.05) is 12.4 Å². The van der Waals surface area contributed by atoms with E-state index in [0.29, 0.717) is 25.8 Å². The second-order valence-corrected chi connectivity index (χ2v) is 6.37. The van der Waals surface area contributed by atoms with Crippen LogP contribution in [-0.2, 0) is 0 Å². The number of benzene rings is 1. The lowest BCUT2D eigenvalue weighted by atomic mass is 10.1. The lowest BCUT2D eigenvalue weighted by Gasteiger charge is -1.98. The van der Waals surface area contributed by atoms with E-state index in [0.717, 1.165) is 0 Å². The highest BCUT2D eigenvalue weighted by Gasteiger charge is 2.10. The standard InChI is InChI=1S/C17H12BrCl2NO2/c1-21-15-6-4-11(18)9-12(17(15)23)16(22)7-3-10-2-5-13(19)14(20)8-10/h2-9H,1H3,(H,21,23)/b7-3-. The van der Waals surface area contributed by atoms with Gasteiger partial charge in [-0.2, -0.15) is 0 Å². The van der Waals surface area contributed by atoms with Gasteiger partial charge in [0.05, 0.1) is 21.3 Å². The smallest absolute Gasteiger partial charge is 0.212 e. The second kappa shape index (κ2) is 7.77. The second-order valence-electron chi connectivity index (χ2n) is 4.64. The fourth-order valence-corrected chi connectivity index (χ4v) is 2.56. The first-order valence-electron chi connectivity index (χ1n) is 6.61. The minimum absolute atomic E-state index is 0.0718. The Morgan fingerprint density at radius 1 is 1.13 bits per heavy atom. The quantitative estimate of drug-likeness (QED) is 0.564. The first-order chi connectivity index (χ1) is 10.9. The molecule has 3 nitrogen and oxygen atoms in total. The molecule has 0 aliphatic heterocycles. The lowest BCUT2D eigenvalue weighted by molar-refractivity contribution is 0.104. The molecule has 23 heavy (non-hydrogen) atoms. The summed E-state index contributed by atoms with van der Waals surface area (Å²) in [6, 6.07) is 9.84. The van der Waals surface area contributed by atoms with Gasteiger partial charge >= 0.3 is 0 Å². The third-order valence-corrected chi connectivity index (χ3v) is 4.32. The zero-order valence-electron chi connectivity index (χ0n) is 12.1. The van der Waals surface area contributed by atoms with Gasteiger partial charge in [-0.3, -0.25) is 9.59 Å². The number of halogens is 3. The highest BCUT2D eigenvalue weighted by molar-refractivity contribution is 9.10. The summed E-state index contributed by atoms with van der Waals surface area (Å²) in [5.41, 5.74) is 0.778. The molecular formula is C17H12BrCl2NO2. The number of carbonyl (C=O) groups is 1. The summed E-state index contributed by atoms with van der Waals surface area (Å²) >= 11 is 15.1. The van der Waals surface area contributed by atoms with Crippen molar-refractivity contribution in [3.63, 3.8) is 0 Å². The molecule has 2 aromatic rings. The van der Waals surface area contributed by atoms with Crippen LogP contribution in [0.5, 0.6) is 0 Å². The Bertz CT molecular complexity index is 850. The van der Waals surface area contributed by atoms with Crippen molar-refractivity contribution in [3.8, 4) is 0 Å². The first kappa shape index (κ1) is 17.7. The maximum Gasteiger partial charge on any atom is 0.212 e. The van der Waals surface area contributed by atoms with Crippen LogP contribution in [0.25, 0.3) is 6.08 Å². The normalized spacial score (nSPS) is 10.8. The van der Waals surface area contributed by atoms with Gasteiger partial charge in [-0.15, -0.1) is 0 Å². The molecule has 0 unspecified atom stereocenters. The van der Waals surface area contributed by atoms with Gasteiger partial charge in [0.15, 0.2) is 5.78 Å². The Morgan fingerprint density at radius 3 is 2.52 bits per heavy atom. The number of anilines is 1. The zero-order chi connectivity index (χ0) is 17.0. The number of hydrogen-bond donors (Lipinski definition) is 1. The van der Waals surface area contributed by atoms with E-state index >= 15 is 0 Å². The highest BCUT2D eigenvalue weighted by Crippen LogP contribution is 2.23. The van der Waals surface area contributed by atoms with Crippen LogP contribution < -0.4 is 10.7 Å². The van der Waals surface area contributed by atoms with E-state index < -0.39 is 5.78 Å². The van der Waals surface area contributed by atoms with Crippen LogP contribution >= 0.6 is 39.1 Å². The molecule has 6 heteroatoms. The molecule has 1 N–H and O–H groups in total.